The van der Waals surface area contributed by atoms with E-state index in [4.69, 9.17) is 19.3 Å². The zero-order chi connectivity index (χ0) is 49.4. The van der Waals surface area contributed by atoms with E-state index in [1.165, 1.54) is 40.5 Å². The number of anilines is 1. The van der Waals surface area contributed by atoms with Gasteiger partial charge in [0.15, 0.2) is 9.84 Å². The molecule has 0 bridgehead atoms. The highest BCUT2D eigenvalue weighted by Crippen LogP contribution is 2.42. The second-order valence-corrected chi connectivity index (χ2v) is 27.9. The van der Waals surface area contributed by atoms with E-state index in [0.29, 0.717) is 45.8 Å². The monoisotopic (exact) mass is 984 g/mol. The van der Waals surface area contributed by atoms with E-state index in [0.717, 1.165) is 5.56 Å². The van der Waals surface area contributed by atoms with Gasteiger partial charge in [0.05, 0.1) is 44.1 Å². The van der Waals surface area contributed by atoms with E-state index in [1.54, 1.807) is 107 Å². The molecule has 0 aliphatic heterocycles. The van der Waals surface area contributed by atoms with E-state index in [-0.39, 0.29) is 60.3 Å². The van der Waals surface area contributed by atoms with Gasteiger partial charge < -0.3 is 29.5 Å². The molecular formula is C48H60N8O9S2Si. The SMILES string of the molecule is COc1ccc(CN(Cc2ccc(OC)cc2)S(=O)(=O)c2c(S(=O)(=O)CC[Si](C)(C)C)ccc(-c3ccnc(NCCN(C(=O)O)C(C)(C)C)c3)c2-c2nnn(Cc3ccc(OC)cc3)n2)cc1. The van der Waals surface area contributed by atoms with Gasteiger partial charge in [-0.05, 0) is 114 Å². The molecule has 0 fully saturated rings. The summed E-state index contributed by atoms with van der Waals surface area (Å²) in [6, 6.07) is 27.9. The first kappa shape index (κ1) is 51.0. The summed E-state index contributed by atoms with van der Waals surface area (Å²) in [5.74, 6) is 1.75. The van der Waals surface area contributed by atoms with E-state index in [1.807, 2.05) is 12.1 Å². The van der Waals surface area contributed by atoms with Crippen LogP contribution in [0.1, 0.15) is 37.5 Å². The fourth-order valence-electron chi connectivity index (χ4n) is 7.31. The summed E-state index contributed by atoms with van der Waals surface area (Å²) in [7, 11) is -6.48. The molecule has 6 rings (SSSR count). The average Bonchev–Trinajstić information content (AvgIpc) is 3.77. The van der Waals surface area contributed by atoms with Crippen molar-refractivity contribution in [3.63, 3.8) is 0 Å². The molecule has 68 heavy (non-hydrogen) atoms. The van der Waals surface area contributed by atoms with Gasteiger partial charge in [-0.15, -0.1) is 10.2 Å². The van der Waals surface area contributed by atoms with Crippen molar-refractivity contribution in [1.82, 2.24) is 34.4 Å². The van der Waals surface area contributed by atoms with Crippen LogP contribution in [0.25, 0.3) is 22.5 Å². The number of methoxy groups -OCH3 is 3. The largest absolute Gasteiger partial charge is 0.497 e. The second kappa shape index (κ2) is 21.3. The number of nitrogens with one attached hydrogen (secondary N) is 1. The molecule has 2 heterocycles. The van der Waals surface area contributed by atoms with Gasteiger partial charge in [0.25, 0.3) is 0 Å². The van der Waals surface area contributed by atoms with Crippen LogP contribution in [0.15, 0.2) is 113 Å². The van der Waals surface area contributed by atoms with Gasteiger partial charge >= 0.3 is 6.09 Å². The summed E-state index contributed by atoms with van der Waals surface area (Å²) in [6.07, 6.45) is 0.459. The number of benzene rings is 4. The van der Waals surface area contributed by atoms with Gasteiger partial charge in [-0.2, -0.15) is 9.10 Å². The molecule has 2 N–H and O–H groups in total. The molecule has 0 saturated carbocycles. The number of pyridine rings is 1. The van der Waals surface area contributed by atoms with Crippen molar-refractivity contribution < 1.29 is 40.9 Å². The molecule has 6 aromatic rings. The number of hydrogen-bond donors (Lipinski definition) is 2. The normalized spacial score (nSPS) is 12.2. The van der Waals surface area contributed by atoms with Gasteiger partial charge in [-0.1, -0.05) is 62.1 Å². The Morgan fingerprint density at radius 3 is 1.82 bits per heavy atom. The van der Waals surface area contributed by atoms with Gasteiger partial charge in [-0.3, -0.25) is 0 Å². The average molecular weight is 985 g/mol. The third-order valence-electron chi connectivity index (χ3n) is 11.1. The van der Waals surface area contributed by atoms with E-state index in [9.17, 15) is 18.3 Å². The highest BCUT2D eigenvalue weighted by Gasteiger charge is 2.38. The molecule has 362 valence electrons. The first-order valence-electron chi connectivity index (χ1n) is 21.9. The summed E-state index contributed by atoms with van der Waals surface area (Å²) in [5, 5.41) is 26.7. The number of sulfonamides is 1. The Kier molecular flexibility index (Phi) is 16.0. The van der Waals surface area contributed by atoms with E-state index >= 15 is 8.42 Å². The van der Waals surface area contributed by atoms with E-state index in [2.05, 4.69) is 40.3 Å². The number of nitrogens with zero attached hydrogens (tertiary/aromatic N) is 7. The molecule has 0 atom stereocenters. The van der Waals surface area contributed by atoms with Crippen LogP contribution in [-0.4, -0.2) is 116 Å². The maximum Gasteiger partial charge on any atom is 0.407 e. The molecule has 17 nitrogen and oxygen atoms in total. The number of hydrogen-bond acceptors (Lipinski definition) is 13. The number of rotatable bonds is 21. The van der Waals surface area contributed by atoms with Gasteiger partial charge in [-0.25, -0.2) is 26.6 Å². The summed E-state index contributed by atoms with van der Waals surface area (Å²) < 4.78 is 79.2. The minimum absolute atomic E-state index is 0.0727. The van der Waals surface area contributed by atoms with Crippen LogP contribution < -0.4 is 19.5 Å². The van der Waals surface area contributed by atoms with Gasteiger partial charge in [0.2, 0.25) is 15.8 Å². The standard InChI is InChI=1S/C48H60N8O9S2Si/c1-48(2,3)55(47(57)58)27-26-50-43-30-37(24-25-49-43)41-22-23-42(66(59,60)28-29-68(7,8)9)45(44(41)46-51-53-56(52-46)33-36-14-20-40(65-6)21-15-36)67(61,62)54(31-34-10-16-38(63-4)17-11-34)32-35-12-18-39(64-5)19-13-35/h10-25,30H,26-29,31-33H2,1-9H3,(H,49,50)(H,57,58). The molecule has 0 radical (unpaired) electrons. The molecule has 4 aromatic carbocycles. The van der Waals surface area contributed by atoms with Crippen molar-refractivity contribution in [2.24, 2.45) is 0 Å². The number of sulfone groups is 1. The molecule has 0 aliphatic rings. The molecule has 20 heteroatoms. The highest BCUT2D eigenvalue weighted by molar-refractivity contribution is 7.93. The molecule has 2 aromatic heterocycles. The Labute approximate surface area is 400 Å². The van der Waals surface area contributed by atoms with Crippen LogP contribution in [-0.2, 0) is 39.5 Å². The summed E-state index contributed by atoms with van der Waals surface area (Å²) >= 11 is 0. The predicted molar refractivity (Wildman–Crippen MR) is 264 cm³/mol. The van der Waals surface area contributed by atoms with E-state index < -0.39 is 44.5 Å². The number of ether oxygens (including phenoxy) is 3. The lowest BCUT2D eigenvalue weighted by atomic mass is 9.99. The Balaban J connectivity index is 1.60. The Hall–Kier alpha value is -6.35. The smallest absolute Gasteiger partial charge is 0.407 e. The van der Waals surface area contributed by atoms with Gasteiger partial charge in [0, 0.05) is 46.0 Å². The molecule has 0 aliphatic carbocycles. The van der Waals surface area contributed by atoms with Crippen LogP contribution >= 0.6 is 0 Å². The van der Waals surface area contributed by atoms with Crippen molar-refractivity contribution in [2.45, 2.75) is 81.4 Å². The first-order valence-corrected chi connectivity index (χ1v) is 28.7. The lowest BCUT2D eigenvalue weighted by Crippen LogP contribution is -2.47. The minimum Gasteiger partial charge on any atom is -0.497 e. The van der Waals surface area contributed by atoms with Crippen molar-refractivity contribution >= 4 is 39.8 Å². The fourth-order valence-corrected chi connectivity index (χ4v) is 14.1. The highest BCUT2D eigenvalue weighted by atomic mass is 32.2. The molecule has 1 amide bonds. The lowest BCUT2D eigenvalue weighted by molar-refractivity contribution is 0.103. The zero-order valence-corrected chi connectivity index (χ0v) is 42.6. The maximum absolute atomic E-state index is 16.0. The maximum atomic E-state index is 16.0. The molecule has 0 spiro atoms. The van der Waals surface area contributed by atoms with Crippen molar-refractivity contribution in [3.05, 3.63) is 120 Å². The lowest BCUT2D eigenvalue weighted by Gasteiger charge is -2.33. The van der Waals surface area contributed by atoms with Gasteiger partial charge in [0.1, 0.15) is 28.0 Å². The summed E-state index contributed by atoms with van der Waals surface area (Å²) in [6.45, 7) is 11.8. The minimum atomic E-state index is -4.84. The topological polar surface area (TPSA) is 208 Å². The molecular weight excluding hydrogens is 925 g/mol. The third kappa shape index (κ3) is 12.8. The Bertz CT molecular complexity index is 2850. The van der Waals surface area contributed by atoms with Crippen molar-refractivity contribution in [2.75, 3.05) is 45.5 Å². The van der Waals surface area contributed by atoms with Crippen molar-refractivity contribution in [3.8, 4) is 39.8 Å². The summed E-state index contributed by atoms with van der Waals surface area (Å²) in [4.78, 5) is 18.3. The zero-order valence-electron chi connectivity index (χ0n) is 39.9. The van der Waals surface area contributed by atoms with Crippen LogP contribution in [0.2, 0.25) is 25.7 Å². The Morgan fingerprint density at radius 1 is 0.779 bits per heavy atom. The summed E-state index contributed by atoms with van der Waals surface area (Å²) in [5.41, 5.74) is 2.04. The number of amides is 1. The number of aromatic nitrogens is 5. The number of carbonyl (C=O) groups is 1. The predicted octanol–water partition coefficient (Wildman–Crippen LogP) is 8.17. The molecule has 0 saturated heterocycles. The second-order valence-electron chi connectivity index (χ2n) is 18.4. The Morgan fingerprint density at radius 2 is 1.32 bits per heavy atom. The van der Waals surface area contributed by atoms with Crippen LogP contribution in [0.5, 0.6) is 17.2 Å². The van der Waals surface area contributed by atoms with Crippen LogP contribution in [0, 0.1) is 0 Å². The third-order valence-corrected chi connectivity index (χ3v) is 17.0. The number of carboxylic acid groups (broad SMARTS) is 1. The fraction of sp³-hybridized carbons (Fsp3) is 0.354. The van der Waals surface area contributed by atoms with Crippen molar-refractivity contribution in [1.29, 1.82) is 0 Å². The first-order chi connectivity index (χ1) is 32.1. The van der Waals surface area contributed by atoms with Crippen LogP contribution in [0.3, 0.4) is 0 Å². The number of tetrazole rings is 1. The van der Waals surface area contributed by atoms with Crippen LogP contribution in [0.4, 0.5) is 10.6 Å². The molecule has 0 unspecified atom stereocenters. The quantitative estimate of drug-likeness (QED) is 0.0653.